The second kappa shape index (κ2) is 6.52. The van der Waals surface area contributed by atoms with Crippen molar-refractivity contribution >= 4 is 11.4 Å². The molecule has 104 valence electrons. The van der Waals surface area contributed by atoms with Crippen LogP contribution in [0.4, 0.5) is 11.4 Å². The van der Waals surface area contributed by atoms with Crippen molar-refractivity contribution in [3.05, 3.63) is 34.4 Å². The van der Waals surface area contributed by atoms with Crippen LogP contribution in [0.2, 0.25) is 0 Å². The first kappa shape index (κ1) is 13.8. The third kappa shape index (κ3) is 3.67. The minimum absolute atomic E-state index is 0.165. The van der Waals surface area contributed by atoms with Gasteiger partial charge in [0.15, 0.2) is 0 Å². The summed E-state index contributed by atoms with van der Waals surface area (Å²) in [6.07, 6.45) is 3.45. The first-order chi connectivity index (χ1) is 9.20. The lowest BCUT2D eigenvalue weighted by Gasteiger charge is -2.27. The maximum atomic E-state index is 10.9. The molecule has 1 aliphatic heterocycles. The van der Waals surface area contributed by atoms with Crippen LogP contribution >= 0.6 is 0 Å². The van der Waals surface area contributed by atoms with Crippen molar-refractivity contribution < 1.29 is 4.92 Å². The monoisotopic (exact) mass is 263 g/mol. The van der Waals surface area contributed by atoms with Gasteiger partial charge in [0.25, 0.3) is 5.69 Å². The molecule has 0 radical (unpaired) electrons. The van der Waals surface area contributed by atoms with Crippen molar-refractivity contribution in [1.82, 2.24) is 5.32 Å². The van der Waals surface area contributed by atoms with Crippen molar-refractivity contribution in [1.29, 1.82) is 0 Å². The molecule has 0 saturated carbocycles. The highest BCUT2D eigenvalue weighted by Crippen LogP contribution is 2.22. The normalized spacial score (nSPS) is 18.5. The summed E-state index contributed by atoms with van der Waals surface area (Å²) in [5, 5.41) is 14.3. The molecule has 1 fully saturated rings. The smallest absolute Gasteiger partial charge is 0.271 e. The molecule has 2 rings (SSSR count). The summed E-state index contributed by atoms with van der Waals surface area (Å²) in [4.78, 5) is 12.8. The summed E-state index contributed by atoms with van der Waals surface area (Å²) in [6.45, 7) is 5.07. The van der Waals surface area contributed by atoms with E-state index in [1.807, 2.05) is 6.07 Å². The van der Waals surface area contributed by atoms with Gasteiger partial charge in [-0.3, -0.25) is 10.1 Å². The molecule has 1 saturated heterocycles. The van der Waals surface area contributed by atoms with E-state index in [2.05, 4.69) is 17.1 Å². The minimum Gasteiger partial charge on any atom is -0.370 e. The van der Waals surface area contributed by atoms with Crippen LogP contribution in [0.15, 0.2) is 24.3 Å². The van der Waals surface area contributed by atoms with Crippen LogP contribution in [-0.4, -0.2) is 30.6 Å². The van der Waals surface area contributed by atoms with E-state index >= 15 is 0 Å². The lowest BCUT2D eigenvalue weighted by atomic mass is 10.2. The number of rotatable bonds is 6. The Kier molecular flexibility index (Phi) is 4.74. The molecule has 19 heavy (non-hydrogen) atoms. The highest BCUT2D eigenvalue weighted by atomic mass is 16.6. The third-order valence-electron chi connectivity index (χ3n) is 3.50. The zero-order chi connectivity index (χ0) is 13.7. The topological polar surface area (TPSA) is 58.4 Å². The Hall–Kier alpha value is -1.62. The van der Waals surface area contributed by atoms with E-state index in [1.54, 1.807) is 18.2 Å². The summed E-state index contributed by atoms with van der Waals surface area (Å²) in [5.74, 6) is 0. The zero-order valence-electron chi connectivity index (χ0n) is 11.3. The van der Waals surface area contributed by atoms with Crippen molar-refractivity contribution in [2.24, 2.45) is 0 Å². The maximum absolute atomic E-state index is 10.9. The largest absolute Gasteiger partial charge is 0.370 e. The van der Waals surface area contributed by atoms with E-state index in [0.29, 0.717) is 6.04 Å². The highest BCUT2D eigenvalue weighted by molar-refractivity contribution is 5.53. The predicted molar refractivity (Wildman–Crippen MR) is 76.6 cm³/mol. The van der Waals surface area contributed by atoms with E-state index in [1.165, 1.54) is 12.8 Å². The third-order valence-corrected chi connectivity index (χ3v) is 3.50. The maximum Gasteiger partial charge on any atom is 0.271 e. The van der Waals surface area contributed by atoms with Gasteiger partial charge in [0.1, 0.15) is 0 Å². The summed E-state index contributed by atoms with van der Waals surface area (Å²) in [5.41, 5.74) is 1.11. The summed E-state index contributed by atoms with van der Waals surface area (Å²) < 4.78 is 0. The lowest BCUT2D eigenvalue weighted by Crippen LogP contribution is -2.38. The molecular weight excluding hydrogens is 242 g/mol. The predicted octanol–water partition coefficient (Wildman–Crippen LogP) is 2.56. The molecule has 1 aliphatic rings. The molecule has 1 atom stereocenters. The molecule has 1 unspecified atom stereocenters. The van der Waals surface area contributed by atoms with Crippen molar-refractivity contribution in [2.75, 3.05) is 24.5 Å². The number of nitro groups is 1. The molecule has 1 aromatic rings. The average molecular weight is 263 g/mol. The fourth-order valence-electron chi connectivity index (χ4n) is 2.58. The Morgan fingerprint density at radius 1 is 1.53 bits per heavy atom. The van der Waals surface area contributed by atoms with E-state index < -0.39 is 0 Å². The van der Waals surface area contributed by atoms with Crippen LogP contribution in [0.1, 0.15) is 26.2 Å². The van der Waals surface area contributed by atoms with Gasteiger partial charge in [-0.25, -0.2) is 0 Å². The number of hydrogen-bond donors (Lipinski definition) is 1. The average Bonchev–Trinajstić information content (AvgIpc) is 2.91. The Morgan fingerprint density at radius 2 is 2.37 bits per heavy atom. The molecule has 1 aromatic carbocycles. The summed E-state index contributed by atoms with van der Waals surface area (Å²) in [6, 6.07) is 7.44. The molecule has 1 heterocycles. The van der Waals surface area contributed by atoms with Crippen LogP contribution in [0.25, 0.3) is 0 Å². The Morgan fingerprint density at radius 3 is 3.00 bits per heavy atom. The number of nitrogens with zero attached hydrogens (tertiary/aromatic N) is 2. The van der Waals surface area contributed by atoms with Gasteiger partial charge in [-0.1, -0.05) is 13.0 Å². The molecule has 0 bridgehead atoms. The SMILES string of the molecule is CCCN(CC1CCCN1)c1cccc([N+](=O)[O-])c1. The van der Waals surface area contributed by atoms with Crippen LogP contribution in [0.5, 0.6) is 0 Å². The highest BCUT2D eigenvalue weighted by Gasteiger charge is 2.18. The summed E-state index contributed by atoms with van der Waals surface area (Å²) >= 11 is 0. The fraction of sp³-hybridized carbons (Fsp3) is 0.571. The van der Waals surface area contributed by atoms with Gasteiger partial charge in [0, 0.05) is 37.0 Å². The van der Waals surface area contributed by atoms with Gasteiger partial charge in [-0.05, 0) is 31.9 Å². The number of benzene rings is 1. The van der Waals surface area contributed by atoms with Crippen molar-refractivity contribution in [3.63, 3.8) is 0 Å². The number of nitrogens with one attached hydrogen (secondary N) is 1. The van der Waals surface area contributed by atoms with Crippen LogP contribution in [0.3, 0.4) is 0 Å². The molecular formula is C14H21N3O2. The molecule has 5 nitrogen and oxygen atoms in total. The Labute approximate surface area is 113 Å². The van der Waals surface area contributed by atoms with Crippen molar-refractivity contribution in [2.45, 2.75) is 32.2 Å². The molecule has 5 heteroatoms. The molecule has 0 aliphatic carbocycles. The molecule has 0 amide bonds. The van der Waals surface area contributed by atoms with E-state index in [-0.39, 0.29) is 10.6 Å². The number of anilines is 1. The van der Waals surface area contributed by atoms with Crippen molar-refractivity contribution in [3.8, 4) is 0 Å². The van der Waals surface area contributed by atoms with Gasteiger partial charge in [-0.2, -0.15) is 0 Å². The van der Waals surface area contributed by atoms with E-state index in [0.717, 1.165) is 31.7 Å². The zero-order valence-corrected chi connectivity index (χ0v) is 11.3. The number of non-ortho nitro benzene ring substituents is 1. The van der Waals surface area contributed by atoms with Gasteiger partial charge < -0.3 is 10.2 Å². The minimum atomic E-state index is -0.332. The fourth-order valence-corrected chi connectivity index (χ4v) is 2.58. The Bertz CT molecular complexity index is 430. The molecule has 0 spiro atoms. The number of hydrogen-bond acceptors (Lipinski definition) is 4. The molecule has 0 aromatic heterocycles. The standard InChI is InChI=1S/C14H21N3O2/c1-2-9-16(11-12-5-4-8-15-12)13-6-3-7-14(10-13)17(18)19/h3,6-7,10,12,15H,2,4-5,8-9,11H2,1H3. The molecule has 1 N–H and O–H groups in total. The van der Waals surface area contributed by atoms with Gasteiger partial charge in [-0.15, -0.1) is 0 Å². The first-order valence-corrected chi connectivity index (χ1v) is 6.93. The van der Waals surface area contributed by atoms with Crippen LogP contribution < -0.4 is 10.2 Å². The van der Waals surface area contributed by atoms with E-state index in [4.69, 9.17) is 0 Å². The van der Waals surface area contributed by atoms with Crippen LogP contribution in [-0.2, 0) is 0 Å². The van der Waals surface area contributed by atoms with Gasteiger partial charge >= 0.3 is 0 Å². The van der Waals surface area contributed by atoms with Gasteiger partial charge in [0.2, 0.25) is 0 Å². The Balaban J connectivity index is 2.12. The quantitative estimate of drug-likeness (QED) is 0.633. The van der Waals surface area contributed by atoms with Crippen LogP contribution in [0, 0.1) is 10.1 Å². The second-order valence-electron chi connectivity index (χ2n) is 5.02. The number of nitro benzene ring substituents is 1. The van der Waals surface area contributed by atoms with Gasteiger partial charge in [0.05, 0.1) is 4.92 Å². The van der Waals surface area contributed by atoms with E-state index in [9.17, 15) is 10.1 Å². The first-order valence-electron chi connectivity index (χ1n) is 6.93. The lowest BCUT2D eigenvalue weighted by molar-refractivity contribution is -0.384. The second-order valence-corrected chi connectivity index (χ2v) is 5.02. The summed E-state index contributed by atoms with van der Waals surface area (Å²) in [7, 11) is 0.